The van der Waals surface area contributed by atoms with Gasteiger partial charge in [0.25, 0.3) is 0 Å². The van der Waals surface area contributed by atoms with Crippen molar-refractivity contribution in [3.63, 3.8) is 0 Å². The van der Waals surface area contributed by atoms with E-state index >= 15 is 0 Å². The third-order valence-corrected chi connectivity index (χ3v) is 4.18. The number of carbonyl (C=O) groups excluding carboxylic acids is 1. The molecule has 0 saturated carbocycles. The number of H-pyrrole nitrogens is 1. The minimum absolute atomic E-state index is 0.268. The highest BCUT2D eigenvalue weighted by Gasteiger charge is 2.32. The van der Waals surface area contributed by atoms with Crippen molar-refractivity contribution in [2.45, 2.75) is 19.3 Å². The van der Waals surface area contributed by atoms with Crippen LogP contribution in [0.5, 0.6) is 0 Å². The summed E-state index contributed by atoms with van der Waals surface area (Å²) in [6, 6.07) is 13.3. The van der Waals surface area contributed by atoms with E-state index in [9.17, 15) is 9.18 Å². The number of rotatable bonds is 3. The number of nitrogens with zero attached hydrogens (tertiary/aromatic N) is 1. The van der Waals surface area contributed by atoms with Gasteiger partial charge >= 0.3 is 0 Å². The number of aromatic nitrogens is 1. The average Bonchev–Trinajstić information content (AvgIpc) is 2.99. The molecule has 0 aliphatic rings. The van der Waals surface area contributed by atoms with Gasteiger partial charge in [-0.1, -0.05) is 12.1 Å². The van der Waals surface area contributed by atoms with E-state index < -0.39 is 5.41 Å². The van der Waals surface area contributed by atoms with Crippen LogP contribution in [0.3, 0.4) is 0 Å². The summed E-state index contributed by atoms with van der Waals surface area (Å²) in [4.78, 5) is 15.9. The number of carbonyl (C=O) groups is 1. The van der Waals surface area contributed by atoms with Crippen LogP contribution in [-0.4, -0.2) is 10.9 Å². The van der Waals surface area contributed by atoms with E-state index in [1.807, 2.05) is 0 Å². The first-order chi connectivity index (χ1) is 11.4. The maximum absolute atomic E-state index is 13.6. The van der Waals surface area contributed by atoms with Crippen LogP contribution >= 0.6 is 0 Å². The van der Waals surface area contributed by atoms with E-state index in [2.05, 4.69) is 16.4 Å². The summed E-state index contributed by atoms with van der Waals surface area (Å²) in [5.74, 6) is -0.621. The Hall–Kier alpha value is -3.13. The molecule has 0 spiro atoms. The highest BCUT2D eigenvalue weighted by molar-refractivity contribution is 6.02. The normalized spacial score (nSPS) is 11.2. The van der Waals surface area contributed by atoms with Gasteiger partial charge in [-0.15, -0.1) is 0 Å². The lowest BCUT2D eigenvalue weighted by atomic mass is 9.83. The molecule has 3 rings (SSSR count). The zero-order valence-corrected chi connectivity index (χ0v) is 13.4. The Balaban J connectivity index is 1.98. The van der Waals surface area contributed by atoms with Crippen LogP contribution in [0.2, 0.25) is 0 Å². The van der Waals surface area contributed by atoms with Gasteiger partial charge in [0.15, 0.2) is 0 Å². The molecule has 0 bridgehead atoms. The van der Waals surface area contributed by atoms with Crippen LogP contribution in [0, 0.1) is 17.1 Å². The molecule has 24 heavy (non-hydrogen) atoms. The van der Waals surface area contributed by atoms with E-state index in [1.54, 1.807) is 50.4 Å². The molecule has 3 aromatic rings. The number of aromatic amines is 1. The zero-order valence-electron chi connectivity index (χ0n) is 13.4. The Kier molecular flexibility index (Phi) is 3.82. The fourth-order valence-corrected chi connectivity index (χ4v) is 2.70. The zero-order chi connectivity index (χ0) is 17.3. The smallest absolute Gasteiger partial charge is 0.234 e. The minimum Gasteiger partial charge on any atom is -0.361 e. The number of para-hydroxylation sites is 1. The average molecular weight is 321 g/mol. The number of anilines is 1. The molecule has 2 aromatic carbocycles. The third kappa shape index (κ3) is 2.63. The molecule has 2 N–H and O–H groups in total. The van der Waals surface area contributed by atoms with E-state index in [1.165, 1.54) is 12.1 Å². The van der Waals surface area contributed by atoms with Crippen molar-refractivity contribution in [2.75, 3.05) is 5.32 Å². The van der Waals surface area contributed by atoms with Crippen molar-refractivity contribution in [1.82, 2.24) is 4.98 Å². The Morgan fingerprint density at radius 3 is 2.75 bits per heavy atom. The molecule has 0 fully saturated rings. The first kappa shape index (κ1) is 15.8. The summed E-state index contributed by atoms with van der Waals surface area (Å²) >= 11 is 0. The Labute approximate surface area is 138 Å². The SMILES string of the molecule is CC(C)(C(=O)Nc1ccccc1C#N)c1c[nH]c2ccc(F)cc12. The number of hydrogen-bond donors (Lipinski definition) is 2. The predicted octanol–water partition coefficient (Wildman–Crippen LogP) is 4.09. The molecule has 0 unspecified atom stereocenters. The van der Waals surface area contributed by atoms with Crippen molar-refractivity contribution in [1.29, 1.82) is 5.26 Å². The summed E-state index contributed by atoms with van der Waals surface area (Å²) in [7, 11) is 0. The van der Waals surface area contributed by atoms with Gasteiger partial charge in [-0.3, -0.25) is 4.79 Å². The van der Waals surface area contributed by atoms with Crippen LogP contribution < -0.4 is 5.32 Å². The molecule has 0 radical (unpaired) electrons. The number of nitriles is 1. The van der Waals surface area contributed by atoms with Crippen molar-refractivity contribution in [3.8, 4) is 6.07 Å². The maximum Gasteiger partial charge on any atom is 0.234 e. The van der Waals surface area contributed by atoms with Gasteiger partial charge < -0.3 is 10.3 Å². The van der Waals surface area contributed by atoms with Gasteiger partial charge in [0, 0.05) is 17.1 Å². The summed E-state index contributed by atoms with van der Waals surface area (Å²) in [5, 5.41) is 12.6. The number of hydrogen-bond acceptors (Lipinski definition) is 2. The lowest BCUT2D eigenvalue weighted by Gasteiger charge is -2.23. The van der Waals surface area contributed by atoms with E-state index in [0.29, 0.717) is 22.2 Å². The van der Waals surface area contributed by atoms with Crippen molar-refractivity contribution >= 4 is 22.5 Å². The Morgan fingerprint density at radius 2 is 2.00 bits per heavy atom. The monoisotopic (exact) mass is 321 g/mol. The Morgan fingerprint density at radius 1 is 1.25 bits per heavy atom. The van der Waals surface area contributed by atoms with E-state index in [4.69, 9.17) is 5.26 Å². The van der Waals surface area contributed by atoms with Crippen molar-refractivity contribution in [3.05, 3.63) is 65.6 Å². The maximum atomic E-state index is 13.6. The number of amides is 1. The number of benzene rings is 2. The second kappa shape index (κ2) is 5.82. The van der Waals surface area contributed by atoms with Gasteiger partial charge in [0.1, 0.15) is 11.9 Å². The summed E-state index contributed by atoms with van der Waals surface area (Å²) in [6.07, 6.45) is 1.72. The predicted molar refractivity (Wildman–Crippen MR) is 91.1 cm³/mol. The summed E-state index contributed by atoms with van der Waals surface area (Å²) < 4.78 is 13.6. The van der Waals surface area contributed by atoms with Gasteiger partial charge in [0.05, 0.1) is 16.7 Å². The Bertz CT molecular complexity index is 966. The third-order valence-electron chi connectivity index (χ3n) is 4.18. The highest BCUT2D eigenvalue weighted by atomic mass is 19.1. The first-order valence-electron chi connectivity index (χ1n) is 7.51. The first-order valence-corrected chi connectivity index (χ1v) is 7.51. The van der Waals surface area contributed by atoms with Gasteiger partial charge in [0.2, 0.25) is 5.91 Å². The van der Waals surface area contributed by atoms with E-state index in [0.717, 1.165) is 5.52 Å². The number of nitrogens with one attached hydrogen (secondary N) is 2. The summed E-state index contributed by atoms with van der Waals surface area (Å²) in [5.41, 5.74) is 1.42. The van der Waals surface area contributed by atoms with Crippen LogP contribution in [0.15, 0.2) is 48.7 Å². The summed E-state index contributed by atoms with van der Waals surface area (Å²) in [6.45, 7) is 3.54. The molecule has 0 aliphatic carbocycles. The second-order valence-corrected chi connectivity index (χ2v) is 6.13. The molecule has 0 saturated heterocycles. The van der Waals surface area contributed by atoms with Crippen LogP contribution in [0.4, 0.5) is 10.1 Å². The fraction of sp³-hybridized carbons (Fsp3) is 0.158. The number of fused-ring (bicyclic) bond motifs is 1. The quantitative estimate of drug-likeness (QED) is 0.762. The van der Waals surface area contributed by atoms with Gasteiger partial charge in [-0.2, -0.15) is 5.26 Å². The molecule has 4 nitrogen and oxygen atoms in total. The van der Waals surface area contributed by atoms with Gasteiger partial charge in [-0.25, -0.2) is 4.39 Å². The van der Waals surface area contributed by atoms with Gasteiger partial charge in [-0.05, 0) is 49.7 Å². The molecule has 0 aliphatic heterocycles. The molecule has 1 aromatic heterocycles. The second-order valence-electron chi connectivity index (χ2n) is 6.13. The largest absolute Gasteiger partial charge is 0.361 e. The molecule has 5 heteroatoms. The van der Waals surface area contributed by atoms with Crippen LogP contribution in [0.25, 0.3) is 10.9 Å². The van der Waals surface area contributed by atoms with E-state index in [-0.39, 0.29) is 11.7 Å². The van der Waals surface area contributed by atoms with Crippen molar-refractivity contribution in [2.24, 2.45) is 0 Å². The standard InChI is InChI=1S/C19H16FN3O/c1-19(2,15-11-22-17-8-7-13(20)9-14(15)17)18(24)23-16-6-4-3-5-12(16)10-21/h3-9,11,22H,1-2H3,(H,23,24). The topological polar surface area (TPSA) is 68.7 Å². The van der Waals surface area contributed by atoms with Crippen LogP contribution in [0.1, 0.15) is 25.0 Å². The fourth-order valence-electron chi connectivity index (χ4n) is 2.70. The van der Waals surface area contributed by atoms with Crippen molar-refractivity contribution < 1.29 is 9.18 Å². The lowest BCUT2D eigenvalue weighted by Crippen LogP contribution is -2.34. The lowest BCUT2D eigenvalue weighted by molar-refractivity contribution is -0.120. The molecule has 1 heterocycles. The molecular weight excluding hydrogens is 305 g/mol. The minimum atomic E-state index is -0.908. The van der Waals surface area contributed by atoms with Crippen LogP contribution in [-0.2, 0) is 10.2 Å². The molecular formula is C19H16FN3O. The molecule has 0 atom stereocenters. The number of halogens is 1. The molecule has 120 valence electrons. The molecule has 1 amide bonds. The highest BCUT2D eigenvalue weighted by Crippen LogP contribution is 2.32.